The molecule has 0 radical (unpaired) electrons. The minimum Gasteiger partial charge on any atom is -0.362 e. The number of likely N-dealkylation sites (N-methyl/N-ethyl adjacent to an activating group) is 1. The molecule has 1 aliphatic heterocycles. The van der Waals surface area contributed by atoms with Crippen molar-refractivity contribution in [2.45, 2.75) is 19.4 Å². The van der Waals surface area contributed by atoms with Gasteiger partial charge in [0.05, 0.1) is 5.69 Å². The van der Waals surface area contributed by atoms with Crippen LogP contribution in [0.3, 0.4) is 0 Å². The molecule has 2 aromatic rings. The van der Waals surface area contributed by atoms with Crippen molar-refractivity contribution in [3.63, 3.8) is 0 Å². The van der Waals surface area contributed by atoms with Gasteiger partial charge in [-0.1, -0.05) is 30.3 Å². The number of nitrogens with zero attached hydrogens (tertiary/aromatic N) is 5. The van der Waals surface area contributed by atoms with Gasteiger partial charge < -0.3 is 14.7 Å². The summed E-state index contributed by atoms with van der Waals surface area (Å²) in [4.78, 5) is 16.4. The van der Waals surface area contributed by atoms with Gasteiger partial charge in [-0.15, -0.1) is 0 Å². The second kappa shape index (κ2) is 7.18. The maximum absolute atomic E-state index is 4.91. The van der Waals surface area contributed by atoms with E-state index in [2.05, 4.69) is 67.2 Å². The molecular weight excluding hydrogens is 298 g/mol. The van der Waals surface area contributed by atoms with Gasteiger partial charge in [-0.05, 0) is 19.0 Å². The Kier molecular flexibility index (Phi) is 5.00. The Morgan fingerprint density at radius 3 is 2.42 bits per heavy atom. The third kappa shape index (κ3) is 3.67. The maximum atomic E-state index is 4.91. The van der Waals surface area contributed by atoms with E-state index in [4.69, 9.17) is 9.97 Å². The van der Waals surface area contributed by atoms with Crippen molar-refractivity contribution >= 4 is 11.8 Å². The van der Waals surface area contributed by atoms with Gasteiger partial charge in [0.1, 0.15) is 5.82 Å². The lowest BCUT2D eigenvalue weighted by Crippen LogP contribution is -2.23. The van der Waals surface area contributed by atoms with Crippen molar-refractivity contribution in [1.29, 1.82) is 0 Å². The molecule has 0 atom stereocenters. The monoisotopic (exact) mass is 325 g/mol. The maximum Gasteiger partial charge on any atom is 0.227 e. The van der Waals surface area contributed by atoms with Crippen molar-refractivity contribution in [3.8, 4) is 0 Å². The molecule has 24 heavy (non-hydrogen) atoms. The van der Waals surface area contributed by atoms with Gasteiger partial charge >= 0.3 is 0 Å². The van der Waals surface area contributed by atoms with E-state index in [0.29, 0.717) is 0 Å². The first-order valence-electron chi connectivity index (χ1n) is 8.55. The molecular formula is C19H27N5. The van der Waals surface area contributed by atoms with Crippen molar-refractivity contribution in [3.05, 3.63) is 47.2 Å². The Hall–Kier alpha value is -2.14. The zero-order valence-electron chi connectivity index (χ0n) is 15.2. The number of hydrogen-bond acceptors (Lipinski definition) is 5. The zero-order chi connectivity index (χ0) is 17.1. The molecule has 0 spiro atoms. The van der Waals surface area contributed by atoms with Crippen LogP contribution >= 0.6 is 0 Å². The molecule has 3 rings (SSSR count). The Morgan fingerprint density at radius 1 is 1.00 bits per heavy atom. The Bertz CT molecular complexity index is 684. The summed E-state index contributed by atoms with van der Waals surface area (Å²) in [6.07, 6.45) is 2.00. The average Bonchev–Trinajstić information content (AvgIpc) is 2.76. The standard InChI is InChI=1S/C19H27N5/c1-22(2)18-16-10-12-23(3)13-11-17(16)20-19(21-18)24(4)14-15-8-6-5-7-9-15/h5-9H,10-14H2,1-4H3. The van der Waals surface area contributed by atoms with Crippen LogP contribution in [0.5, 0.6) is 0 Å². The summed E-state index contributed by atoms with van der Waals surface area (Å²) in [7, 11) is 8.38. The molecule has 2 heterocycles. The average molecular weight is 325 g/mol. The van der Waals surface area contributed by atoms with Gasteiger partial charge in [-0.2, -0.15) is 4.98 Å². The summed E-state index contributed by atoms with van der Waals surface area (Å²) in [5.74, 6) is 1.87. The Morgan fingerprint density at radius 2 is 1.71 bits per heavy atom. The van der Waals surface area contributed by atoms with Crippen LogP contribution in [-0.4, -0.2) is 56.1 Å². The van der Waals surface area contributed by atoms with Crippen molar-refractivity contribution in [2.24, 2.45) is 0 Å². The highest BCUT2D eigenvalue weighted by molar-refractivity contribution is 5.53. The minimum atomic E-state index is 0.811. The quantitative estimate of drug-likeness (QED) is 0.861. The van der Waals surface area contributed by atoms with Gasteiger partial charge in [0, 0.05) is 52.8 Å². The molecule has 0 N–H and O–H groups in total. The molecule has 128 valence electrons. The lowest BCUT2D eigenvalue weighted by molar-refractivity contribution is 0.352. The lowest BCUT2D eigenvalue weighted by atomic mass is 10.1. The number of aromatic nitrogens is 2. The summed E-state index contributed by atoms with van der Waals surface area (Å²) in [5, 5.41) is 0. The molecule has 0 amide bonds. The van der Waals surface area contributed by atoms with Crippen LogP contribution in [0.4, 0.5) is 11.8 Å². The highest BCUT2D eigenvalue weighted by atomic mass is 15.3. The fourth-order valence-electron chi connectivity index (χ4n) is 3.15. The summed E-state index contributed by atoms with van der Waals surface area (Å²) in [6.45, 7) is 2.93. The molecule has 5 nitrogen and oxygen atoms in total. The SMILES string of the molecule is CN1CCc2nc(N(C)Cc3ccccc3)nc(N(C)C)c2CC1. The molecule has 5 heteroatoms. The van der Waals surface area contributed by atoms with E-state index in [1.807, 2.05) is 6.07 Å². The normalized spacial score (nSPS) is 14.8. The topological polar surface area (TPSA) is 35.5 Å². The first-order chi connectivity index (χ1) is 11.5. The zero-order valence-corrected chi connectivity index (χ0v) is 15.2. The smallest absolute Gasteiger partial charge is 0.227 e. The highest BCUT2D eigenvalue weighted by Crippen LogP contribution is 2.26. The number of rotatable bonds is 4. The molecule has 1 aliphatic rings. The Labute approximate surface area is 144 Å². The summed E-state index contributed by atoms with van der Waals surface area (Å²) < 4.78 is 0. The predicted molar refractivity (Wildman–Crippen MR) is 99.8 cm³/mol. The third-order valence-corrected chi connectivity index (χ3v) is 4.56. The van der Waals surface area contributed by atoms with E-state index in [1.165, 1.54) is 16.8 Å². The van der Waals surface area contributed by atoms with Gasteiger partial charge in [0.15, 0.2) is 0 Å². The molecule has 0 fully saturated rings. The van der Waals surface area contributed by atoms with Crippen LogP contribution in [-0.2, 0) is 19.4 Å². The van der Waals surface area contributed by atoms with E-state index in [0.717, 1.165) is 44.2 Å². The van der Waals surface area contributed by atoms with Gasteiger partial charge in [0.25, 0.3) is 0 Å². The van der Waals surface area contributed by atoms with Gasteiger partial charge in [-0.3, -0.25) is 0 Å². The fourth-order valence-corrected chi connectivity index (χ4v) is 3.15. The second-order valence-electron chi connectivity index (χ2n) is 6.81. The van der Waals surface area contributed by atoms with Crippen LogP contribution in [0, 0.1) is 0 Å². The van der Waals surface area contributed by atoms with Crippen LogP contribution in [0.1, 0.15) is 16.8 Å². The summed E-state index contributed by atoms with van der Waals surface area (Å²) >= 11 is 0. The van der Waals surface area contributed by atoms with Crippen LogP contribution < -0.4 is 9.80 Å². The van der Waals surface area contributed by atoms with Crippen molar-refractivity contribution in [1.82, 2.24) is 14.9 Å². The summed E-state index contributed by atoms with van der Waals surface area (Å²) in [6, 6.07) is 10.5. The second-order valence-corrected chi connectivity index (χ2v) is 6.81. The molecule has 1 aromatic heterocycles. The van der Waals surface area contributed by atoms with E-state index in [1.54, 1.807) is 0 Å². The van der Waals surface area contributed by atoms with E-state index < -0.39 is 0 Å². The molecule has 0 bridgehead atoms. The molecule has 0 saturated heterocycles. The van der Waals surface area contributed by atoms with E-state index in [9.17, 15) is 0 Å². The Balaban J connectivity index is 1.92. The lowest BCUT2D eigenvalue weighted by Gasteiger charge is -2.23. The van der Waals surface area contributed by atoms with Crippen LogP contribution in [0.15, 0.2) is 30.3 Å². The number of anilines is 2. The first-order valence-corrected chi connectivity index (χ1v) is 8.55. The highest BCUT2D eigenvalue weighted by Gasteiger charge is 2.21. The molecule has 1 aromatic carbocycles. The number of hydrogen-bond donors (Lipinski definition) is 0. The van der Waals surface area contributed by atoms with Gasteiger partial charge in [0.2, 0.25) is 5.95 Å². The number of benzene rings is 1. The predicted octanol–water partition coefficient (Wildman–Crippen LogP) is 2.21. The van der Waals surface area contributed by atoms with E-state index in [-0.39, 0.29) is 0 Å². The minimum absolute atomic E-state index is 0.811. The number of fused-ring (bicyclic) bond motifs is 1. The fraction of sp³-hybridized carbons (Fsp3) is 0.474. The van der Waals surface area contributed by atoms with Crippen LogP contribution in [0.25, 0.3) is 0 Å². The molecule has 0 saturated carbocycles. The molecule has 0 aliphatic carbocycles. The first kappa shape index (κ1) is 16.7. The van der Waals surface area contributed by atoms with Crippen molar-refractivity contribution < 1.29 is 0 Å². The van der Waals surface area contributed by atoms with E-state index >= 15 is 0 Å². The largest absolute Gasteiger partial charge is 0.362 e. The summed E-state index contributed by atoms with van der Waals surface area (Å²) in [5.41, 5.74) is 3.78. The molecule has 0 unspecified atom stereocenters. The third-order valence-electron chi connectivity index (χ3n) is 4.56. The van der Waals surface area contributed by atoms with Crippen LogP contribution in [0.2, 0.25) is 0 Å². The van der Waals surface area contributed by atoms with Gasteiger partial charge in [-0.25, -0.2) is 4.98 Å². The van der Waals surface area contributed by atoms with Crippen molar-refractivity contribution in [2.75, 3.05) is 51.1 Å².